The topological polar surface area (TPSA) is 42.4 Å². The summed E-state index contributed by atoms with van der Waals surface area (Å²) in [6.45, 7) is -0.629. The Morgan fingerprint density at radius 1 is 1.67 bits per heavy atom. The number of aromatic nitrogens is 1. The average molecular weight is 211 g/mol. The maximum Gasteiger partial charge on any atom is 0.132 e. The molecule has 0 amide bonds. The van der Waals surface area contributed by atoms with Crippen LogP contribution >= 0.6 is 0 Å². The number of alkyl halides is 1. The number of pyridine rings is 1. The molecule has 1 aliphatic carbocycles. The maximum absolute atomic E-state index is 12.5. The molecule has 1 unspecified atom stereocenters. The molecule has 0 aromatic carbocycles. The Labute approximate surface area is 87.9 Å². The highest BCUT2D eigenvalue weighted by atomic mass is 19.1. The van der Waals surface area contributed by atoms with E-state index in [1.165, 1.54) is 0 Å². The van der Waals surface area contributed by atoms with Gasteiger partial charge in [-0.3, -0.25) is 4.98 Å². The van der Waals surface area contributed by atoms with Gasteiger partial charge in [-0.1, -0.05) is 0 Å². The predicted molar refractivity (Wildman–Crippen MR) is 53.5 cm³/mol. The number of ether oxygens (including phenoxy) is 1. The monoisotopic (exact) mass is 211 g/mol. The van der Waals surface area contributed by atoms with Crippen molar-refractivity contribution in [2.45, 2.75) is 32.0 Å². The molecule has 0 bridgehead atoms. The van der Waals surface area contributed by atoms with Crippen molar-refractivity contribution in [3.05, 3.63) is 23.0 Å². The highest BCUT2D eigenvalue weighted by Crippen LogP contribution is 2.34. The molecule has 15 heavy (non-hydrogen) atoms. The molecule has 0 fully saturated rings. The van der Waals surface area contributed by atoms with Crippen LogP contribution in [0.1, 0.15) is 35.9 Å². The zero-order valence-corrected chi connectivity index (χ0v) is 8.66. The minimum atomic E-state index is -0.629. The number of fused-ring (bicyclic) bond motifs is 1. The van der Waals surface area contributed by atoms with E-state index in [-0.39, 0.29) is 0 Å². The van der Waals surface area contributed by atoms with E-state index in [1.807, 2.05) is 0 Å². The van der Waals surface area contributed by atoms with Gasteiger partial charge in [-0.25, -0.2) is 4.39 Å². The van der Waals surface area contributed by atoms with Crippen LogP contribution in [-0.2, 0) is 13.1 Å². The smallest absolute Gasteiger partial charge is 0.132 e. The van der Waals surface area contributed by atoms with Gasteiger partial charge in [-0.05, 0) is 19.3 Å². The van der Waals surface area contributed by atoms with Gasteiger partial charge in [0.15, 0.2) is 0 Å². The van der Waals surface area contributed by atoms with Crippen molar-refractivity contribution in [2.24, 2.45) is 0 Å². The molecule has 1 N–H and O–H groups in total. The molecule has 0 aliphatic heterocycles. The third-order valence-electron chi connectivity index (χ3n) is 2.75. The van der Waals surface area contributed by atoms with Gasteiger partial charge in [0.25, 0.3) is 0 Å². The quantitative estimate of drug-likeness (QED) is 0.812. The van der Waals surface area contributed by atoms with Crippen molar-refractivity contribution in [1.82, 2.24) is 4.98 Å². The van der Waals surface area contributed by atoms with Crippen molar-refractivity contribution < 1.29 is 14.2 Å². The van der Waals surface area contributed by atoms with Crippen molar-refractivity contribution in [3.63, 3.8) is 0 Å². The summed E-state index contributed by atoms with van der Waals surface area (Å²) in [5.41, 5.74) is 1.84. The molecule has 4 heteroatoms. The summed E-state index contributed by atoms with van der Waals surface area (Å²) in [5.74, 6) is 0.645. The lowest BCUT2D eigenvalue weighted by Crippen LogP contribution is -2.14. The molecular formula is C11H14FNO2. The van der Waals surface area contributed by atoms with Crippen LogP contribution in [-0.4, -0.2) is 17.2 Å². The second kappa shape index (κ2) is 4.14. The minimum absolute atomic E-state index is 0.326. The fourth-order valence-corrected chi connectivity index (χ4v) is 2.01. The van der Waals surface area contributed by atoms with Crippen molar-refractivity contribution in [1.29, 1.82) is 0 Å². The number of hydrogen-bond donors (Lipinski definition) is 1. The molecule has 0 spiro atoms. The maximum atomic E-state index is 12.5. The van der Waals surface area contributed by atoms with E-state index in [4.69, 9.17) is 4.74 Å². The van der Waals surface area contributed by atoms with E-state index < -0.39 is 12.8 Å². The van der Waals surface area contributed by atoms with Crippen molar-refractivity contribution >= 4 is 0 Å². The first-order valence-corrected chi connectivity index (χ1v) is 5.07. The Morgan fingerprint density at radius 2 is 2.47 bits per heavy atom. The lowest BCUT2D eigenvalue weighted by molar-refractivity contribution is 0.150. The highest BCUT2D eigenvalue weighted by Gasteiger charge is 2.23. The molecule has 1 atom stereocenters. The number of aliphatic hydroxyl groups is 1. The zero-order valence-electron chi connectivity index (χ0n) is 8.66. The summed E-state index contributed by atoms with van der Waals surface area (Å²) in [6, 6.07) is 1.61. The van der Waals surface area contributed by atoms with Crippen LogP contribution < -0.4 is 4.74 Å². The number of methoxy groups -OCH3 is 1. The van der Waals surface area contributed by atoms with Gasteiger partial charge in [-0.2, -0.15) is 0 Å². The third kappa shape index (κ3) is 1.81. The van der Waals surface area contributed by atoms with Crippen LogP contribution in [0, 0.1) is 0 Å². The van der Waals surface area contributed by atoms with E-state index in [1.54, 1.807) is 13.2 Å². The van der Waals surface area contributed by atoms with E-state index in [0.717, 1.165) is 18.4 Å². The van der Waals surface area contributed by atoms with E-state index in [9.17, 15) is 9.50 Å². The number of rotatable bonds is 2. The van der Waals surface area contributed by atoms with Gasteiger partial charge in [0.05, 0.1) is 24.6 Å². The summed E-state index contributed by atoms with van der Waals surface area (Å²) >= 11 is 0. The Balaban J connectivity index is 2.52. The van der Waals surface area contributed by atoms with Gasteiger partial charge in [0, 0.05) is 11.6 Å². The first-order valence-electron chi connectivity index (χ1n) is 5.07. The third-order valence-corrected chi connectivity index (χ3v) is 2.75. The second-order valence-corrected chi connectivity index (χ2v) is 3.72. The van der Waals surface area contributed by atoms with E-state index in [0.29, 0.717) is 23.6 Å². The summed E-state index contributed by atoms with van der Waals surface area (Å²) in [6.07, 6.45) is 1.88. The summed E-state index contributed by atoms with van der Waals surface area (Å²) in [5, 5.41) is 9.76. The number of nitrogens with zero attached hydrogens (tertiary/aromatic N) is 1. The summed E-state index contributed by atoms with van der Waals surface area (Å²) < 4.78 is 17.7. The summed E-state index contributed by atoms with van der Waals surface area (Å²) in [4.78, 5) is 4.12. The molecule has 0 saturated carbocycles. The van der Waals surface area contributed by atoms with Gasteiger partial charge in [0.1, 0.15) is 12.4 Å². The first-order chi connectivity index (χ1) is 7.26. The number of halogens is 1. The Bertz CT molecular complexity index is 368. The fraction of sp³-hybridized carbons (Fsp3) is 0.545. The lowest BCUT2D eigenvalue weighted by Gasteiger charge is -2.22. The Hall–Kier alpha value is -1.16. The van der Waals surface area contributed by atoms with Crippen LogP contribution in [0.4, 0.5) is 4.39 Å². The van der Waals surface area contributed by atoms with Crippen LogP contribution in [0.3, 0.4) is 0 Å². The van der Waals surface area contributed by atoms with Crippen LogP contribution in [0.25, 0.3) is 0 Å². The lowest BCUT2D eigenvalue weighted by atomic mass is 9.92. The summed E-state index contributed by atoms with van der Waals surface area (Å²) in [7, 11) is 1.55. The molecule has 1 aromatic rings. The van der Waals surface area contributed by atoms with Crippen molar-refractivity contribution in [3.8, 4) is 5.75 Å². The van der Waals surface area contributed by atoms with Crippen LogP contribution in [0.15, 0.2) is 6.07 Å². The molecule has 2 rings (SSSR count). The standard InChI is InChI=1S/C11H14FNO2/c1-15-10-5-7(6-12)13-11-8(10)3-2-4-9(11)14/h5,9,14H,2-4,6H2,1H3. The molecule has 1 heterocycles. The van der Waals surface area contributed by atoms with E-state index in [2.05, 4.69) is 4.98 Å². The molecule has 0 saturated heterocycles. The molecule has 82 valence electrons. The SMILES string of the molecule is COc1cc(CF)nc2c1CCCC2O. The average Bonchev–Trinajstić information content (AvgIpc) is 2.28. The van der Waals surface area contributed by atoms with Gasteiger partial charge in [-0.15, -0.1) is 0 Å². The van der Waals surface area contributed by atoms with Gasteiger partial charge < -0.3 is 9.84 Å². The largest absolute Gasteiger partial charge is 0.496 e. The number of hydrogen-bond acceptors (Lipinski definition) is 3. The first kappa shape index (κ1) is 10.4. The molecule has 1 aliphatic rings. The van der Waals surface area contributed by atoms with Gasteiger partial charge in [0.2, 0.25) is 0 Å². The Kier molecular flexibility index (Phi) is 2.86. The fourth-order valence-electron chi connectivity index (χ4n) is 2.01. The predicted octanol–water partition coefficient (Wildman–Crippen LogP) is 1.93. The Morgan fingerprint density at radius 3 is 3.13 bits per heavy atom. The zero-order chi connectivity index (χ0) is 10.8. The van der Waals surface area contributed by atoms with Crippen LogP contribution in [0.5, 0.6) is 5.75 Å². The minimum Gasteiger partial charge on any atom is -0.496 e. The van der Waals surface area contributed by atoms with Crippen molar-refractivity contribution in [2.75, 3.05) is 7.11 Å². The number of aliphatic hydroxyl groups excluding tert-OH is 1. The van der Waals surface area contributed by atoms with Gasteiger partial charge >= 0.3 is 0 Å². The molecule has 0 radical (unpaired) electrons. The molecular weight excluding hydrogens is 197 g/mol. The van der Waals surface area contributed by atoms with E-state index >= 15 is 0 Å². The highest BCUT2D eigenvalue weighted by molar-refractivity contribution is 5.40. The molecule has 3 nitrogen and oxygen atoms in total. The normalized spacial score (nSPS) is 19.8. The van der Waals surface area contributed by atoms with Crippen LogP contribution in [0.2, 0.25) is 0 Å². The second-order valence-electron chi connectivity index (χ2n) is 3.72. The molecule has 1 aromatic heterocycles.